The number of nitrogens with zero attached hydrogens (tertiary/aromatic N) is 2. The van der Waals surface area contributed by atoms with Crippen molar-refractivity contribution < 1.29 is 32.6 Å². The van der Waals surface area contributed by atoms with Gasteiger partial charge in [0.15, 0.2) is 6.04 Å². The Hall–Kier alpha value is -2.80. The van der Waals surface area contributed by atoms with Gasteiger partial charge in [-0.05, 0) is 30.5 Å². The number of esters is 1. The van der Waals surface area contributed by atoms with Crippen LogP contribution in [-0.2, 0) is 22.1 Å². The second kappa shape index (κ2) is 7.84. The van der Waals surface area contributed by atoms with Crippen molar-refractivity contribution in [3.8, 4) is 6.07 Å². The zero-order valence-electron chi connectivity index (χ0n) is 14.6. The van der Waals surface area contributed by atoms with Crippen LogP contribution in [0.3, 0.4) is 0 Å². The van der Waals surface area contributed by atoms with E-state index in [0.29, 0.717) is 0 Å². The van der Waals surface area contributed by atoms with Gasteiger partial charge in [-0.2, -0.15) is 18.4 Å². The van der Waals surface area contributed by atoms with Gasteiger partial charge in [0.2, 0.25) is 0 Å². The van der Waals surface area contributed by atoms with Crippen LogP contribution >= 0.6 is 0 Å². The van der Waals surface area contributed by atoms with Crippen LogP contribution in [0.1, 0.15) is 30.0 Å². The van der Waals surface area contributed by atoms with E-state index in [-0.39, 0.29) is 30.6 Å². The van der Waals surface area contributed by atoms with Gasteiger partial charge in [0.25, 0.3) is 0 Å². The average molecular weight is 385 g/mol. The lowest BCUT2D eigenvalue weighted by Gasteiger charge is -2.25. The number of carbonyl (C=O) groups is 2. The SMILES string of the molecule is CCc1c(NC(=O)N2CC[C@@H](O)[C@H]2C(=O)OC)ccc(C#N)c1C(F)(F)F. The number of halogens is 3. The Kier molecular flexibility index (Phi) is 5.95. The number of aliphatic hydroxyl groups excluding tert-OH is 1. The minimum absolute atomic E-state index is 0.0383. The fourth-order valence-electron chi connectivity index (χ4n) is 3.15. The molecular formula is C17H18F3N3O4. The van der Waals surface area contributed by atoms with Crippen molar-refractivity contribution in [1.29, 1.82) is 5.26 Å². The zero-order chi connectivity index (χ0) is 20.4. The summed E-state index contributed by atoms with van der Waals surface area (Å²) in [6, 6.07) is 1.63. The normalized spacial score (nSPS) is 19.5. The molecule has 0 bridgehead atoms. The van der Waals surface area contributed by atoms with Crippen LogP contribution in [0.25, 0.3) is 0 Å². The first-order valence-electron chi connectivity index (χ1n) is 8.12. The lowest BCUT2D eigenvalue weighted by molar-refractivity contribution is -0.147. The molecule has 146 valence electrons. The highest BCUT2D eigenvalue weighted by Gasteiger charge is 2.42. The fourth-order valence-corrected chi connectivity index (χ4v) is 3.15. The van der Waals surface area contributed by atoms with Gasteiger partial charge in [0.05, 0.1) is 30.4 Å². The standard InChI is InChI=1S/C17H18F3N3O4/c1-3-10-11(5-4-9(8-21)13(10)17(18,19)20)22-16(26)23-7-6-12(24)14(23)15(25)27-2/h4-5,12,14,24H,3,6-7H2,1-2H3,(H,22,26)/t12-,14+/m1/s1. The van der Waals surface area contributed by atoms with Gasteiger partial charge in [-0.1, -0.05) is 6.92 Å². The van der Waals surface area contributed by atoms with Gasteiger partial charge < -0.3 is 20.1 Å². The van der Waals surface area contributed by atoms with E-state index in [2.05, 4.69) is 10.1 Å². The smallest absolute Gasteiger partial charge is 0.418 e. The first-order chi connectivity index (χ1) is 12.6. The minimum Gasteiger partial charge on any atom is -0.467 e. The van der Waals surface area contributed by atoms with Crippen LogP contribution in [0.5, 0.6) is 0 Å². The monoisotopic (exact) mass is 385 g/mol. The molecule has 7 nitrogen and oxygen atoms in total. The van der Waals surface area contributed by atoms with Gasteiger partial charge in [-0.15, -0.1) is 0 Å². The van der Waals surface area contributed by atoms with Gasteiger partial charge in [-0.25, -0.2) is 9.59 Å². The van der Waals surface area contributed by atoms with Crippen molar-refractivity contribution in [2.24, 2.45) is 0 Å². The number of rotatable bonds is 3. The maximum Gasteiger partial charge on any atom is 0.418 e. The summed E-state index contributed by atoms with van der Waals surface area (Å²) in [5.74, 6) is -0.818. The molecule has 27 heavy (non-hydrogen) atoms. The lowest BCUT2D eigenvalue weighted by Crippen LogP contribution is -2.47. The van der Waals surface area contributed by atoms with E-state index >= 15 is 0 Å². The molecule has 1 heterocycles. The number of hydrogen-bond acceptors (Lipinski definition) is 5. The molecule has 2 N–H and O–H groups in total. The number of alkyl halides is 3. The highest BCUT2D eigenvalue weighted by atomic mass is 19.4. The predicted octanol–water partition coefficient (Wildman–Crippen LogP) is 2.28. The number of nitriles is 1. The molecule has 1 aromatic rings. The van der Waals surface area contributed by atoms with Crippen molar-refractivity contribution in [2.75, 3.05) is 19.0 Å². The molecule has 0 unspecified atom stereocenters. The molecule has 0 spiro atoms. The Bertz CT molecular complexity index is 789. The number of ether oxygens (including phenoxy) is 1. The first-order valence-corrected chi connectivity index (χ1v) is 8.12. The maximum absolute atomic E-state index is 13.4. The third kappa shape index (κ3) is 3.98. The van der Waals surface area contributed by atoms with Gasteiger partial charge in [0, 0.05) is 12.2 Å². The van der Waals surface area contributed by atoms with E-state index < -0.39 is 41.4 Å². The quantitative estimate of drug-likeness (QED) is 0.777. The van der Waals surface area contributed by atoms with Crippen LogP contribution in [-0.4, -0.2) is 47.8 Å². The number of amides is 2. The number of benzene rings is 1. The molecule has 2 amide bonds. The van der Waals surface area contributed by atoms with Gasteiger partial charge in [-0.3, -0.25) is 0 Å². The summed E-state index contributed by atoms with van der Waals surface area (Å²) >= 11 is 0. The lowest BCUT2D eigenvalue weighted by atomic mass is 9.97. The molecule has 1 aliphatic heterocycles. The summed E-state index contributed by atoms with van der Waals surface area (Å²) in [6.07, 6.45) is -5.84. The molecule has 1 aliphatic rings. The summed E-state index contributed by atoms with van der Waals surface area (Å²) in [6.45, 7) is 1.51. The Morgan fingerprint density at radius 1 is 1.44 bits per heavy atom. The molecule has 1 aromatic carbocycles. The van der Waals surface area contributed by atoms with E-state index in [1.54, 1.807) is 0 Å². The molecule has 2 rings (SSSR count). The van der Waals surface area contributed by atoms with Crippen LogP contribution < -0.4 is 5.32 Å². The number of methoxy groups -OCH3 is 1. The molecule has 2 atom stereocenters. The Balaban J connectivity index is 2.39. The molecule has 0 saturated carbocycles. The third-order valence-electron chi connectivity index (χ3n) is 4.38. The summed E-state index contributed by atoms with van der Waals surface area (Å²) in [5, 5.41) is 21.2. The van der Waals surface area contributed by atoms with Crippen LogP contribution in [0.15, 0.2) is 12.1 Å². The summed E-state index contributed by atoms with van der Waals surface area (Å²) < 4.78 is 44.8. The van der Waals surface area contributed by atoms with Crippen LogP contribution in [0, 0.1) is 11.3 Å². The molecule has 1 saturated heterocycles. The highest BCUT2D eigenvalue weighted by molar-refractivity contribution is 5.94. The van der Waals surface area contributed by atoms with Crippen LogP contribution in [0.2, 0.25) is 0 Å². The van der Waals surface area contributed by atoms with Crippen molar-refractivity contribution in [3.05, 3.63) is 28.8 Å². The van der Waals surface area contributed by atoms with E-state index in [4.69, 9.17) is 5.26 Å². The maximum atomic E-state index is 13.4. The molecule has 0 radical (unpaired) electrons. The average Bonchev–Trinajstić information content (AvgIpc) is 3.01. The van der Waals surface area contributed by atoms with Gasteiger partial charge in [0.1, 0.15) is 0 Å². The molecule has 0 aliphatic carbocycles. The van der Waals surface area contributed by atoms with Crippen molar-refractivity contribution in [3.63, 3.8) is 0 Å². The van der Waals surface area contributed by atoms with E-state index in [9.17, 15) is 27.9 Å². The zero-order valence-corrected chi connectivity index (χ0v) is 14.6. The molecule has 0 aromatic heterocycles. The Morgan fingerprint density at radius 3 is 2.63 bits per heavy atom. The number of carbonyl (C=O) groups excluding carboxylic acids is 2. The minimum atomic E-state index is -4.77. The van der Waals surface area contributed by atoms with Gasteiger partial charge >= 0.3 is 18.2 Å². The number of nitrogens with one attached hydrogen (secondary N) is 1. The van der Waals surface area contributed by atoms with E-state index in [0.717, 1.165) is 18.1 Å². The molecule has 10 heteroatoms. The Morgan fingerprint density at radius 2 is 2.11 bits per heavy atom. The number of aliphatic hydroxyl groups is 1. The summed E-state index contributed by atoms with van der Waals surface area (Å²) in [5.41, 5.74) is -1.99. The molecule has 1 fully saturated rings. The third-order valence-corrected chi connectivity index (χ3v) is 4.38. The number of anilines is 1. The van der Waals surface area contributed by atoms with Crippen molar-refractivity contribution in [1.82, 2.24) is 4.90 Å². The second-order valence-corrected chi connectivity index (χ2v) is 5.92. The van der Waals surface area contributed by atoms with Crippen molar-refractivity contribution >= 4 is 17.7 Å². The number of likely N-dealkylation sites (tertiary alicyclic amines) is 1. The highest BCUT2D eigenvalue weighted by Crippen LogP contribution is 2.38. The van der Waals surface area contributed by atoms with E-state index in [1.165, 1.54) is 19.1 Å². The fraction of sp³-hybridized carbons (Fsp3) is 0.471. The summed E-state index contributed by atoms with van der Waals surface area (Å²) in [7, 11) is 1.11. The summed E-state index contributed by atoms with van der Waals surface area (Å²) in [4.78, 5) is 25.3. The predicted molar refractivity (Wildman–Crippen MR) is 87.7 cm³/mol. The van der Waals surface area contributed by atoms with Crippen LogP contribution in [0.4, 0.5) is 23.7 Å². The number of hydrogen-bond donors (Lipinski definition) is 2. The number of urea groups is 1. The van der Waals surface area contributed by atoms with E-state index in [1.807, 2.05) is 0 Å². The Labute approximate surface area is 153 Å². The first kappa shape index (κ1) is 20.5. The van der Waals surface area contributed by atoms with Crippen molar-refractivity contribution in [2.45, 2.75) is 38.1 Å². The topological polar surface area (TPSA) is 103 Å². The largest absolute Gasteiger partial charge is 0.467 e. The second-order valence-electron chi connectivity index (χ2n) is 5.92. The molecular weight excluding hydrogens is 367 g/mol.